The fraction of sp³-hybridized carbons (Fsp3) is 0.556. The summed E-state index contributed by atoms with van der Waals surface area (Å²) in [4.78, 5) is 24.6. The molecule has 0 saturated heterocycles. The number of carbonyl (C=O) groups excluding carboxylic acids is 2. The van der Waals surface area contributed by atoms with Crippen molar-refractivity contribution in [2.75, 3.05) is 5.32 Å². The summed E-state index contributed by atoms with van der Waals surface area (Å²) in [6.07, 6.45) is -0.223. The zero-order valence-electron chi connectivity index (χ0n) is 15.4. The molecule has 0 aliphatic heterocycles. The van der Waals surface area contributed by atoms with Crippen molar-refractivity contribution in [2.45, 2.75) is 57.8 Å². The van der Waals surface area contributed by atoms with E-state index in [0.29, 0.717) is 4.90 Å². The summed E-state index contributed by atoms with van der Waals surface area (Å²) in [7, 11) is 0. The van der Waals surface area contributed by atoms with E-state index in [-0.39, 0.29) is 40.5 Å². The van der Waals surface area contributed by atoms with Crippen molar-refractivity contribution in [2.24, 2.45) is 11.8 Å². The number of hydrogen-bond acceptors (Lipinski definition) is 4. The monoisotopic (exact) mass is 389 g/mol. The first-order chi connectivity index (χ1) is 11.5. The molecule has 1 unspecified atom stereocenters. The second-order valence-corrected chi connectivity index (χ2v) is 8.27. The lowest BCUT2D eigenvalue weighted by atomic mass is 10.1. The number of esters is 1. The van der Waals surface area contributed by atoms with E-state index >= 15 is 0 Å². The van der Waals surface area contributed by atoms with Crippen LogP contribution in [0.1, 0.15) is 41.5 Å². The number of benzene rings is 1. The SMILES string of the molecule is CC(C)OC(=O)C(Sc1cc(NC(=O)C(C)C)c(F)cc1Cl)C(C)C. The average Bonchev–Trinajstić information content (AvgIpc) is 2.47. The number of thioether (sulfide) groups is 1. The molecule has 4 nitrogen and oxygen atoms in total. The van der Waals surface area contributed by atoms with Gasteiger partial charge in [0.05, 0.1) is 16.8 Å². The first-order valence-electron chi connectivity index (χ1n) is 8.20. The molecule has 0 fully saturated rings. The van der Waals surface area contributed by atoms with Crippen molar-refractivity contribution in [3.8, 4) is 0 Å². The molecule has 1 rings (SSSR count). The number of halogens is 2. The smallest absolute Gasteiger partial charge is 0.319 e. The largest absolute Gasteiger partial charge is 0.462 e. The quantitative estimate of drug-likeness (QED) is 0.518. The van der Waals surface area contributed by atoms with Gasteiger partial charge < -0.3 is 10.1 Å². The van der Waals surface area contributed by atoms with Crippen molar-refractivity contribution in [3.63, 3.8) is 0 Å². The van der Waals surface area contributed by atoms with Gasteiger partial charge in [-0.15, -0.1) is 11.8 Å². The summed E-state index contributed by atoms with van der Waals surface area (Å²) in [5.41, 5.74) is 0.0466. The fourth-order valence-corrected chi connectivity index (χ4v) is 3.22. The Morgan fingerprint density at radius 2 is 1.76 bits per heavy atom. The van der Waals surface area contributed by atoms with Crippen LogP contribution in [0.25, 0.3) is 0 Å². The predicted molar refractivity (Wildman–Crippen MR) is 101 cm³/mol. The van der Waals surface area contributed by atoms with Gasteiger partial charge >= 0.3 is 5.97 Å². The first-order valence-corrected chi connectivity index (χ1v) is 9.45. The van der Waals surface area contributed by atoms with Crippen molar-refractivity contribution in [1.82, 2.24) is 0 Å². The van der Waals surface area contributed by atoms with Crippen molar-refractivity contribution in [1.29, 1.82) is 0 Å². The zero-order chi connectivity index (χ0) is 19.3. The molecule has 1 amide bonds. The number of nitrogens with one attached hydrogen (secondary N) is 1. The Hall–Kier alpha value is -1.27. The van der Waals surface area contributed by atoms with Crippen LogP contribution in [0, 0.1) is 17.7 Å². The molecule has 140 valence electrons. The van der Waals surface area contributed by atoms with Gasteiger partial charge in [-0.3, -0.25) is 9.59 Å². The molecule has 0 bridgehead atoms. The lowest BCUT2D eigenvalue weighted by Crippen LogP contribution is -2.27. The summed E-state index contributed by atoms with van der Waals surface area (Å²) in [5.74, 6) is -1.55. The van der Waals surface area contributed by atoms with Crippen LogP contribution >= 0.6 is 23.4 Å². The summed E-state index contributed by atoms with van der Waals surface area (Å²) in [5, 5.41) is 2.24. The summed E-state index contributed by atoms with van der Waals surface area (Å²) in [6, 6.07) is 2.60. The Morgan fingerprint density at radius 1 is 1.16 bits per heavy atom. The van der Waals surface area contributed by atoms with Gasteiger partial charge in [-0.25, -0.2) is 4.39 Å². The van der Waals surface area contributed by atoms with Crippen LogP contribution in [0.3, 0.4) is 0 Å². The zero-order valence-corrected chi connectivity index (χ0v) is 16.9. The van der Waals surface area contributed by atoms with Crippen LogP contribution in [0.5, 0.6) is 0 Å². The third-order valence-corrected chi connectivity index (χ3v) is 5.25. The van der Waals surface area contributed by atoms with Gasteiger partial charge in [0.15, 0.2) is 0 Å². The molecule has 1 aromatic rings. The number of amides is 1. The van der Waals surface area contributed by atoms with Crippen LogP contribution in [0.2, 0.25) is 5.02 Å². The number of ether oxygens (including phenoxy) is 1. The van der Waals surface area contributed by atoms with Gasteiger partial charge in [0.25, 0.3) is 0 Å². The normalized spacial score (nSPS) is 12.6. The fourth-order valence-electron chi connectivity index (χ4n) is 1.88. The second-order valence-electron chi connectivity index (χ2n) is 6.67. The topological polar surface area (TPSA) is 55.4 Å². The lowest BCUT2D eigenvalue weighted by molar-refractivity contribution is -0.147. The molecule has 1 aromatic carbocycles. The van der Waals surface area contributed by atoms with Crippen LogP contribution in [-0.4, -0.2) is 23.2 Å². The highest BCUT2D eigenvalue weighted by Crippen LogP contribution is 2.37. The van der Waals surface area contributed by atoms with Gasteiger partial charge in [-0.1, -0.05) is 39.3 Å². The van der Waals surface area contributed by atoms with E-state index < -0.39 is 11.1 Å². The molecule has 1 atom stereocenters. The molecule has 0 heterocycles. The highest BCUT2D eigenvalue weighted by atomic mass is 35.5. The Kier molecular flexibility index (Phi) is 8.22. The molecule has 0 spiro atoms. The molecule has 7 heteroatoms. The van der Waals surface area contributed by atoms with Gasteiger partial charge in [0, 0.05) is 10.8 Å². The van der Waals surface area contributed by atoms with Crippen LogP contribution in [-0.2, 0) is 14.3 Å². The van der Waals surface area contributed by atoms with E-state index in [4.69, 9.17) is 16.3 Å². The predicted octanol–water partition coefficient (Wildman–Crippen LogP) is 5.14. The average molecular weight is 390 g/mol. The van der Waals surface area contributed by atoms with Crippen molar-refractivity contribution < 1.29 is 18.7 Å². The summed E-state index contributed by atoms with van der Waals surface area (Å²) >= 11 is 7.34. The van der Waals surface area contributed by atoms with Gasteiger partial charge in [-0.2, -0.15) is 0 Å². The molecule has 0 radical (unpaired) electrons. The van der Waals surface area contributed by atoms with E-state index in [1.165, 1.54) is 17.8 Å². The van der Waals surface area contributed by atoms with Gasteiger partial charge in [0.1, 0.15) is 11.1 Å². The molecule has 25 heavy (non-hydrogen) atoms. The lowest BCUT2D eigenvalue weighted by Gasteiger charge is -2.21. The Morgan fingerprint density at radius 3 is 2.24 bits per heavy atom. The van der Waals surface area contributed by atoms with Gasteiger partial charge in [0.2, 0.25) is 5.91 Å². The number of anilines is 1. The number of rotatable bonds is 7. The Labute approximate surface area is 157 Å². The summed E-state index contributed by atoms with van der Waals surface area (Å²) in [6.45, 7) is 10.8. The standard InChI is InChI=1S/C18H25ClFNO3S/c1-9(2)16(18(23)24-11(5)6)25-15-8-14(13(20)7-12(15)19)21-17(22)10(3)4/h7-11,16H,1-6H3,(H,21,22). The van der Waals surface area contributed by atoms with Gasteiger partial charge in [-0.05, 0) is 31.9 Å². The molecular weight excluding hydrogens is 365 g/mol. The summed E-state index contributed by atoms with van der Waals surface area (Å²) < 4.78 is 19.4. The molecule has 1 N–H and O–H groups in total. The molecule has 0 aliphatic carbocycles. The molecular formula is C18H25ClFNO3S. The first kappa shape index (κ1) is 21.8. The number of hydrogen-bond donors (Lipinski definition) is 1. The van der Waals surface area contributed by atoms with E-state index in [2.05, 4.69) is 5.32 Å². The van der Waals surface area contributed by atoms with E-state index in [9.17, 15) is 14.0 Å². The highest BCUT2D eigenvalue weighted by Gasteiger charge is 2.27. The molecule has 0 aromatic heterocycles. The maximum atomic E-state index is 14.1. The minimum Gasteiger partial charge on any atom is -0.462 e. The third kappa shape index (κ3) is 6.51. The van der Waals surface area contributed by atoms with Crippen LogP contribution in [0.15, 0.2) is 17.0 Å². The van der Waals surface area contributed by atoms with E-state index in [0.717, 1.165) is 6.07 Å². The molecule has 0 aliphatic rings. The minimum absolute atomic E-state index is 0.00826. The minimum atomic E-state index is -0.616. The Bertz CT molecular complexity index is 635. The number of carbonyl (C=O) groups is 2. The van der Waals surface area contributed by atoms with Crippen LogP contribution in [0.4, 0.5) is 10.1 Å². The molecule has 0 saturated carbocycles. The van der Waals surface area contributed by atoms with Crippen LogP contribution < -0.4 is 5.32 Å². The third-order valence-electron chi connectivity index (χ3n) is 3.25. The maximum absolute atomic E-state index is 14.1. The van der Waals surface area contributed by atoms with Crippen molar-refractivity contribution in [3.05, 3.63) is 23.0 Å². The van der Waals surface area contributed by atoms with E-state index in [1.54, 1.807) is 27.7 Å². The van der Waals surface area contributed by atoms with Crippen molar-refractivity contribution >= 4 is 40.9 Å². The maximum Gasteiger partial charge on any atom is 0.319 e. The second kappa shape index (κ2) is 9.43. The van der Waals surface area contributed by atoms with E-state index in [1.807, 2.05) is 13.8 Å². The Balaban J connectivity index is 3.10. The highest BCUT2D eigenvalue weighted by molar-refractivity contribution is 8.00.